The molecule has 0 unspecified atom stereocenters. The predicted octanol–water partition coefficient (Wildman–Crippen LogP) is 2.80. The quantitative estimate of drug-likeness (QED) is 0.497. The molecule has 0 spiro atoms. The Labute approximate surface area is 103 Å². The predicted molar refractivity (Wildman–Crippen MR) is 68.0 cm³/mol. The van der Waals surface area contributed by atoms with Gasteiger partial charge < -0.3 is 5.43 Å². The Morgan fingerprint density at radius 3 is 2.53 bits per heavy atom. The second kappa shape index (κ2) is 5.65. The lowest BCUT2D eigenvalue weighted by Gasteiger charge is -2.03. The number of nitrogens with two attached hydrogens (primary N) is 1. The van der Waals surface area contributed by atoms with Crippen molar-refractivity contribution >= 4 is 17.6 Å². The van der Waals surface area contributed by atoms with Crippen LogP contribution < -0.4 is 11.3 Å². The van der Waals surface area contributed by atoms with Crippen LogP contribution in [0.25, 0.3) is 0 Å². The molecule has 0 saturated heterocycles. The van der Waals surface area contributed by atoms with Gasteiger partial charge in [0, 0.05) is 16.8 Å². The summed E-state index contributed by atoms with van der Waals surface area (Å²) in [6.45, 7) is 0. The fraction of sp³-hybridized carbons (Fsp3) is 0.0833. The van der Waals surface area contributed by atoms with Crippen molar-refractivity contribution in [3.05, 3.63) is 54.0 Å². The Morgan fingerprint density at radius 2 is 1.94 bits per heavy atom. The highest BCUT2D eigenvalue weighted by atomic mass is 32.2. The van der Waals surface area contributed by atoms with Gasteiger partial charge in [-0.3, -0.25) is 0 Å². The lowest BCUT2D eigenvalue weighted by molar-refractivity contribution is 0.626. The molecule has 0 aliphatic rings. The number of nitrogens with one attached hydrogen (secondary N) is 1. The molecule has 0 atom stereocenters. The van der Waals surface area contributed by atoms with Gasteiger partial charge in [0.25, 0.3) is 0 Å². The summed E-state index contributed by atoms with van der Waals surface area (Å²) in [7, 11) is 0. The SMILES string of the molecule is NNc1ccc(CSc2ccc(F)cc2)cn1. The van der Waals surface area contributed by atoms with Gasteiger partial charge in [0.05, 0.1) is 0 Å². The third-order valence-corrected chi connectivity index (χ3v) is 3.27. The monoisotopic (exact) mass is 249 g/mol. The molecule has 0 saturated carbocycles. The largest absolute Gasteiger partial charge is 0.308 e. The molecule has 1 aromatic carbocycles. The van der Waals surface area contributed by atoms with Gasteiger partial charge in [-0.15, -0.1) is 11.8 Å². The van der Waals surface area contributed by atoms with E-state index < -0.39 is 0 Å². The standard InChI is InChI=1S/C12H12FN3S/c13-10-2-4-11(5-3-10)17-8-9-1-6-12(16-14)15-7-9/h1-7H,8,14H2,(H,15,16). The molecule has 0 fully saturated rings. The van der Waals surface area contributed by atoms with Crippen LogP contribution >= 0.6 is 11.8 Å². The summed E-state index contributed by atoms with van der Waals surface area (Å²) in [6, 6.07) is 10.2. The first kappa shape index (κ1) is 11.9. The zero-order valence-corrected chi connectivity index (χ0v) is 9.88. The molecule has 0 aliphatic heterocycles. The second-order valence-electron chi connectivity index (χ2n) is 3.44. The van der Waals surface area contributed by atoms with E-state index in [0.717, 1.165) is 16.2 Å². The number of nitrogens with zero attached hydrogens (tertiary/aromatic N) is 1. The zero-order chi connectivity index (χ0) is 12.1. The van der Waals surface area contributed by atoms with Gasteiger partial charge in [-0.1, -0.05) is 6.07 Å². The number of thioether (sulfide) groups is 1. The molecule has 0 radical (unpaired) electrons. The average molecular weight is 249 g/mol. The number of hydrogen-bond acceptors (Lipinski definition) is 4. The number of aromatic nitrogens is 1. The van der Waals surface area contributed by atoms with Crippen molar-refractivity contribution in [2.75, 3.05) is 5.43 Å². The summed E-state index contributed by atoms with van der Waals surface area (Å²) in [6.07, 6.45) is 1.77. The van der Waals surface area contributed by atoms with Crippen molar-refractivity contribution in [1.82, 2.24) is 4.98 Å². The molecule has 88 valence electrons. The lowest BCUT2D eigenvalue weighted by Crippen LogP contribution is -2.08. The minimum atomic E-state index is -0.214. The van der Waals surface area contributed by atoms with Gasteiger partial charge in [0.15, 0.2) is 0 Å². The van der Waals surface area contributed by atoms with Gasteiger partial charge in [-0.25, -0.2) is 15.2 Å². The molecule has 2 rings (SSSR count). The molecule has 1 aromatic heterocycles. The van der Waals surface area contributed by atoms with Crippen LogP contribution in [0.3, 0.4) is 0 Å². The number of rotatable bonds is 4. The molecule has 1 heterocycles. The van der Waals surface area contributed by atoms with E-state index in [1.807, 2.05) is 12.1 Å². The van der Waals surface area contributed by atoms with Crippen LogP contribution in [0.4, 0.5) is 10.2 Å². The minimum absolute atomic E-state index is 0.214. The molecule has 2 aromatic rings. The summed E-state index contributed by atoms with van der Waals surface area (Å²) in [5.74, 6) is 6.45. The van der Waals surface area contributed by atoms with E-state index in [-0.39, 0.29) is 5.82 Å². The van der Waals surface area contributed by atoms with Crippen molar-refractivity contribution in [3.63, 3.8) is 0 Å². The molecule has 5 heteroatoms. The molecule has 0 amide bonds. The molecular weight excluding hydrogens is 237 g/mol. The van der Waals surface area contributed by atoms with Crippen LogP contribution in [-0.2, 0) is 5.75 Å². The fourth-order valence-electron chi connectivity index (χ4n) is 1.29. The van der Waals surface area contributed by atoms with E-state index in [4.69, 9.17) is 5.84 Å². The maximum atomic E-state index is 12.7. The summed E-state index contributed by atoms with van der Waals surface area (Å²) in [4.78, 5) is 5.15. The Balaban J connectivity index is 1.95. The highest BCUT2D eigenvalue weighted by Crippen LogP contribution is 2.22. The maximum absolute atomic E-state index is 12.7. The van der Waals surface area contributed by atoms with E-state index >= 15 is 0 Å². The van der Waals surface area contributed by atoms with E-state index in [0.29, 0.717) is 5.82 Å². The number of anilines is 1. The number of hydrazine groups is 1. The molecule has 0 bridgehead atoms. The Bertz CT molecular complexity index is 470. The van der Waals surface area contributed by atoms with Crippen molar-refractivity contribution in [1.29, 1.82) is 0 Å². The first-order valence-corrected chi connectivity index (χ1v) is 6.06. The summed E-state index contributed by atoms with van der Waals surface area (Å²) in [5, 5.41) is 0. The Hall–Kier alpha value is -1.59. The van der Waals surface area contributed by atoms with Crippen LogP contribution in [0.5, 0.6) is 0 Å². The second-order valence-corrected chi connectivity index (χ2v) is 4.49. The third-order valence-electron chi connectivity index (χ3n) is 2.19. The number of hydrogen-bond donors (Lipinski definition) is 2. The van der Waals surface area contributed by atoms with Crippen LogP contribution in [0, 0.1) is 5.82 Å². The summed E-state index contributed by atoms with van der Waals surface area (Å²) < 4.78 is 12.7. The van der Waals surface area contributed by atoms with Gasteiger partial charge in [0.2, 0.25) is 0 Å². The normalized spacial score (nSPS) is 10.2. The molecule has 17 heavy (non-hydrogen) atoms. The van der Waals surface area contributed by atoms with Crippen LogP contribution in [0.15, 0.2) is 47.5 Å². The van der Waals surface area contributed by atoms with Crippen molar-refractivity contribution in [2.45, 2.75) is 10.6 Å². The molecule has 3 N–H and O–H groups in total. The highest BCUT2D eigenvalue weighted by Gasteiger charge is 1.98. The van der Waals surface area contributed by atoms with Crippen LogP contribution in [0.1, 0.15) is 5.56 Å². The number of benzene rings is 1. The lowest BCUT2D eigenvalue weighted by atomic mass is 10.3. The van der Waals surface area contributed by atoms with Gasteiger partial charge in [-0.05, 0) is 35.9 Å². The van der Waals surface area contributed by atoms with Crippen molar-refractivity contribution < 1.29 is 4.39 Å². The van der Waals surface area contributed by atoms with Gasteiger partial charge in [-0.2, -0.15) is 0 Å². The van der Waals surface area contributed by atoms with Crippen molar-refractivity contribution in [2.24, 2.45) is 5.84 Å². The molecule has 0 aliphatic carbocycles. The Kier molecular flexibility index (Phi) is 3.95. The first-order valence-electron chi connectivity index (χ1n) is 5.08. The smallest absolute Gasteiger partial charge is 0.139 e. The number of halogens is 1. The maximum Gasteiger partial charge on any atom is 0.139 e. The van der Waals surface area contributed by atoms with E-state index in [1.54, 1.807) is 30.1 Å². The van der Waals surface area contributed by atoms with Gasteiger partial charge >= 0.3 is 0 Å². The van der Waals surface area contributed by atoms with Crippen molar-refractivity contribution in [3.8, 4) is 0 Å². The first-order chi connectivity index (χ1) is 8.28. The van der Waals surface area contributed by atoms with Crippen LogP contribution in [-0.4, -0.2) is 4.98 Å². The van der Waals surface area contributed by atoms with E-state index in [1.165, 1.54) is 12.1 Å². The highest BCUT2D eigenvalue weighted by molar-refractivity contribution is 7.98. The molecule has 3 nitrogen and oxygen atoms in total. The van der Waals surface area contributed by atoms with Gasteiger partial charge in [0.1, 0.15) is 11.6 Å². The number of pyridine rings is 1. The van der Waals surface area contributed by atoms with E-state index in [2.05, 4.69) is 10.4 Å². The number of nitrogen functional groups attached to an aromatic ring is 1. The summed E-state index contributed by atoms with van der Waals surface area (Å²) >= 11 is 1.64. The van der Waals surface area contributed by atoms with E-state index in [9.17, 15) is 4.39 Å². The third kappa shape index (κ3) is 3.44. The van der Waals surface area contributed by atoms with Crippen LogP contribution in [0.2, 0.25) is 0 Å². The average Bonchev–Trinajstić information content (AvgIpc) is 2.39. The topological polar surface area (TPSA) is 50.9 Å². The zero-order valence-electron chi connectivity index (χ0n) is 9.06. The Morgan fingerprint density at radius 1 is 1.18 bits per heavy atom. The molecular formula is C12H12FN3S. The fourth-order valence-corrected chi connectivity index (χ4v) is 2.13. The minimum Gasteiger partial charge on any atom is -0.308 e. The summed E-state index contributed by atoms with van der Waals surface area (Å²) in [5.41, 5.74) is 3.57.